The monoisotopic (exact) mass is 518 g/mol. The zero-order chi connectivity index (χ0) is 21.7. The number of aromatic hydroxyl groups is 1. The summed E-state index contributed by atoms with van der Waals surface area (Å²) in [6, 6.07) is 16.4. The number of hydrogen-bond acceptors (Lipinski definition) is 5. The van der Waals surface area contributed by atoms with Crippen LogP contribution in [-0.4, -0.2) is 22.9 Å². The van der Waals surface area contributed by atoms with E-state index in [1.54, 1.807) is 25.3 Å². The fraction of sp³-hybridized carbons (Fsp3) is 0.174. The third kappa shape index (κ3) is 3.63. The average Bonchev–Trinajstić information content (AvgIpc) is 3.21. The molecule has 0 unspecified atom stereocenters. The summed E-state index contributed by atoms with van der Waals surface area (Å²) in [5.41, 5.74) is 3.35. The molecule has 0 saturated carbocycles. The van der Waals surface area contributed by atoms with E-state index in [0.29, 0.717) is 27.8 Å². The molecule has 0 amide bonds. The highest BCUT2D eigenvalue weighted by Gasteiger charge is 2.43. The first-order valence-corrected chi connectivity index (χ1v) is 11.1. The highest BCUT2D eigenvalue weighted by atomic mass is 79.9. The van der Waals surface area contributed by atoms with Gasteiger partial charge in [0.1, 0.15) is 17.2 Å². The molecule has 2 heterocycles. The Kier molecular flexibility index (Phi) is 5.24. The van der Waals surface area contributed by atoms with Gasteiger partial charge in [0.15, 0.2) is 0 Å². The van der Waals surface area contributed by atoms with E-state index in [-0.39, 0.29) is 11.8 Å². The summed E-state index contributed by atoms with van der Waals surface area (Å²) >= 11 is 16.3. The number of phenolic OH excluding ortho intramolecular Hbond substituents is 1. The number of halogens is 3. The van der Waals surface area contributed by atoms with E-state index < -0.39 is 6.23 Å². The molecular formula is C23H17BrCl2N2O3. The third-order valence-corrected chi connectivity index (χ3v) is 6.48. The predicted molar refractivity (Wildman–Crippen MR) is 124 cm³/mol. The van der Waals surface area contributed by atoms with Gasteiger partial charge < -0.3 is 14.6 Å². The van der Waals surface area contributed by atoms with E-state index >= 15 is 0 Å². The Hall–Kier alpha value is -2.41. The molecule has 0 radical (unpaired) electrons. The quantitative estimate of drug-likeness (QED) is 0.417. The van der Waals surface area contributed by atoms with Crippen LogP contribution in [0.25, 0.3) is 0 Å². The van der Waals surface area contributed by atoms with Crippen molar-refractivity contribution in [2.75, 3.05) is 7.11 Å². The van der Waals surface area contributed by atoms with Crippen molar-refractivity contribution in [1.82, 2.24) is 5.01 Å². The summed E-state index contributed by atoms with van der Waals surface area (Å²) in [5, 5.41) is 18.3. The van der Waals surface area contributed by atoms with Gasteiger partial charge in [-0.2, -0.15) is 5.10 Å². The number of nitrogens with zero attached hydrogens (tertiary/aromatic N) is 2. The van der Waals surface area contributed by atoms with Gasteiger partial charge in [-0.25, -0.2) is 5.01 Å². The lowest BCUT2D eigenvalue weighted by atomic mass is 9.95. The second kappa shape index (κ2) is 7.93. The van der Waals surface area contributed by atoms with Crippen LogP contribution in [0.4, 0.5) is 0 Å². The third-order valence-electron chi connectivity index (χ3n) is 5.49. The van der Waals surface area contributed by atoms with Crippen molar-refractivity contribution in [3.05, 3.63) is 85.8 Å². The lowest BCUT2D eigenvalue weighted by Gasteiger charge is -2.38. The van der Waals surface area contributed by atoms with Gasteiger partial charge in [-0.1, -0.05) is 39.1 Å². The van der Waals surface area contributed by atoms with Crippen LogP contribution in [0.1, 0.15) is 35.4 Å². The first-order chi connectivity index (χ1) is 14.9. The number of benzene rings is 3. The topological polar surface area (TPSA) is 54.3 Å². The maximum Gasteiger partial charge on any atom is 0.217 e. The summed E-state index contributed by atoms with van der Waals surface area (Å²) in [6.07, 6.45) is -0.00520. The summed E-state index contributed by atoms with van der Waals surface area (Å²) in [4.78, 5) is 0. The van der Waals surface area contributed by atoms with E-state index in [4.69, 9.17) is 37.8 Å². The molecule has 5 nitrogen and oxygen atoms in total. The van der Waals surface area contributed by atoms with Crippen LogP contribution < -0.4 is 9.47 Å². The highest BCUT2D eigenvalue weighted by molar-refractivity contribution is 9.10. The van der Waals surface area contributed by atoms with Crippen LogP contribution in [0, 0.1) is 0 Å². The van der Waals surface area contributed by atoms with Gasteiger partial charge in [0, 0.05) is 21.5 Å². The molecule has 3 aromatic carbocycles. The van der Waals surface area contributed by atoms with E-state index in [0.717, 1.165) is 27.1 Å². The van der Waals surface area contributed by atoms with Crippen LogP contribution in [-0.2, 0) is 0 Å². The maximum atomic E-state index is 10.6. The molecule has 0 saturated heterocycles. The van der Waals surface area contributed by atoms with E-state index in [1.807, 2.05) is 41.4 Å². The normalized spacial score (nSPS) is 19.4. The number of hydrogen-bond donors (Lipinski definition) is 1. The van der Waals surface area contributed by atoms with Crippen molar-refractivity contribution in [1.29, 1.82) is 0 Å². The average molecular weight is 520 g/mol. The molecule has 0 bridgehead atoms. The molecule has 31 heavy (non-hydrogen) atoms. The predicted octanol–water partition coefficient (Wildman–Crippen LogP) is 6.71. The number of phenols is 1. The Balaban J connectivity index is 1.63. The van der Waals surface area contributed by atoms with Crippen LogP contribution in [0.3, 0.4) is 0 Å². The van der Waals surface area contributed by atoms with Crippen molar-refractivity contribution in [2.24, 2.45) is 5.10 Å². The summed E-state index contributed by atoms with van der Waals surface area (Å²) in [7, 11) is 1.64. The van der Waals surface area contributed by atoms with Gasteiger partial charge in [0.25, 0.3) is 0 Å². The lowest BCUT2D eigenvalue weighted by Crippen LogP contribution is -2.34. The van der Waals surface area contributed by atoms with Gasteiger partial charge in [-0.15, -0.1) is 0 Å². The maximum absolute atomic E-state index is 10.6. The van der Waals surface area contributed by atoms with Crippen molar-refractivity contribution in [3.63, 3.8) is 0 Å². The summed E-state index contributed by atoms with van der Waals surface area (Å²) < 4.78 is 12.4. The number of rotatable bonds is 3. The first-order valence-electron chi connectivity index (χ1n) is 9.59. The highest BCUT2D eigenvalue weighted by Crippen LogP contribution is 2.52. The van der Waals surface area contributed by atoms with Crippen molar-refractivity contribution in [3.8, 4) is 17.2 Å². The zero-order valence-electron chi connectivity index (χ0n) is 16.3. The van der Waals surface area contributed by atoms with E-state index in [1.165, 1.54) is 0 Å². The molecule has 2 aliphatic heterocycles. The van der Waals surface area contributed by atoms with Crippen LogP contribution in [0.15, 0.2) is 64.2 Å². The minimum absolute atomic E-state index is 0.119. The zero-order valence-corrected chi connectivity index (χ0v) is 19.4. The van der Waals surface area contributed by atoms with Gasteiger partial charge >= 0.3 is 0 Å². The SMILES string of the molecule is COc1ccc(C2=NN3[C@H](C2)c2cc(Cl)cc(Cl)c2O[C@@H]3c2cc(Br)ccc2O)cc1. The minimum Gasteiger partial charge on any atom is -0.507 e. The molecule has 0 spiro atoms. The van der Waals surface area contributed by atoms with Gasteiger partial charge in [-0.05, 0) is 60.2 Å². The largest absolute Gasteiger partial charge is 0.507 e. The fourth-order valence-electron chi connectivity index (χ4n) is 4.00. The molecule has 2 aliphatic rings. The van der Waals surface area contributed by atoms with Gasteiger partial charge in [0.2, 0.25) is 6.23 Å². The van der Waals surface area contributed by atoms with Crippen LogP contribution in [0.2, 0.25) is 10.0 Å². The Morgan fingerprint density at radius 3 is 2.61 bits per heavy atom. The molecule has 8 heteroatoms. The molecule has 0 aromatic heterocycles. The van der Waals surface area contributed by atoms with Crippen LogP contribution >= 0.6 is 39.1 Å². The summed E-state index contributed by atoms with van der Waals surface area (Å²) in [6.45, 7) is 0. The number of methoxy groups -OCH3 is 1. The fourth-order valence-corrected chi connectivity index (χ4v) is 4.93. The molecule has 3 aromatic rings. The number of hydrazone groups is 1. The molecule has 1 N–H and O–H groups in total. The lowest BCUT2D eigenvalue weighted by molar-refractivity contribution is -0.0202. The van der Waals surface area contributed by atoms with Gasteiger partial charge in [0.05, 0.1) is 29.4 Å². The van der Waals surface area contributed by atoms with Gasteiger partial charge in [-0.3, -0.25) is 0 Å². The Morgan fingerprint density at radius 1 is 1.10 bits per heavy atom. The molecule has 5 rings (SSSR count). The molecule has 0 fully saturated rings. The molecule has 0 aliphatic carbocycles. The number of ether oxygens (including phenoxy) is 2. The molecule has 2 atom stereocenters. The van der Waals surface area contributed by atoms with E-state index in [2.05, 4.69) is 15.9 Å². The molecule has 158 valence electrons. The standard InChI is InChI=1S/C23H17BrCl2N2O3/c1-30-15-5-2-12(3-6-15)19-11-20-16-9-14(25)10-18(26)22(16)31-23(28(20)27-19)17-8-13(24)4-7-21(17)29/h2-10,20,23,29H,11H2,1H3/t20-,23-/m1/s1. The van der Waals surface area contributed by atoms with E-state index in [9.17, 15) is 5.11 Å². The molecular weight excluding hydrogens is 503 g/mol. The number of fused-ring (bicyclic) bond motifs is 3. The minimum atomic E-state index is -0.649. The van der Waals surface area contributed by atoms with Crippen molar-refractivity contribution < 1.29 is 14.6 Å². The summed E-state index contributed by atoms with van der Waals surface area (Å²) in [5.74, 6) is 1.46. The first kappa shape index (κ1) is 20.5. The van der Waals surface area contributed by atoms with Crippen LogP contribution in [0.5, 0.6) is 17.2 Å². The Bertz CT molecular complexity index is 1200. The Morgan fingerprint density at radius 2 is 1.87 bits per heavy atom. The van der Waals surface area contributed by atoms with Crippen molar-refractivity contribution in [2.45, 2.75) is 18.7 Å². The van der Waals surface area contributed by atoms with Crippen molar-refractivity contribution >= 4 is 44.8 Å². The Labute approximate surface area is 197 Å². The second-order valence-electron chi connectivity index (χ2n) is 7.35. The second-order valence-corrected chi connectivity index (χ2v) is 9.11. The smallest absolute Gasteiger partial charge is 0.217 e.